The van der Waals surface area contributed by atoms with Crippen LogP contribution in [0.4, 0.5) is 0 Å². The molecule has 2 N–H and O–H groups in total. The lowest BCUT2D eigenvalue weighted by Gasteiger charge is -2.17. The zero-order valence-electron chi connectivity index (χ0n) is 15.0. The van der Waals surface area contributed by atoms with Crippen molar-refractivity contribution in [3.05, 3.63) is 0 Å². The molecular weight excluding hydrogens is 280 g/mol. The van der Waals surface area contributed by atoms with Gasteiger partial charge in [-0.1, -0.05) is 41.5 Å². The van der Waals surface area contributed by atoms with Crippen molar-refractivity contribution in [3.63, 3.8) is 0 Å². The molecule has 2 amide bonds. The molecule has 0 saturated carbocycles. The lowest BCUT2D eigenvalue weighted by molar-refractivity contribution is -0.129. The Kier molecular flexibility index (Phi) is 8.35. The topological polar surface area (TPSA) is 75.3 Å². The number of rotatable bonds is 8. The van der Waals surface area contributed by atoms with Crippen molar-refractivity contribution in [1.29, 1.82) is 0 Å². The van der Waals surface area contributed by atoms with Crippen molar-refractivity contribution in [2.45, 2.75) is 67.2 Å². The second-order valence-corrected chi connectivity index (χ2v) is 7.76. The summed E-state index contributed by atoms with van der Waals surface area (Å²) in [6, 6.07) is 0. The van der Waals surface area contributed by atoms with Gasteiger partial charge in [-0.3, -0.25) is 14.4 Å². The number of nitrogens with one attached hydrogen (secondary N) is 2. The van der Waals surface area contributed by atoms with Gasteiger partial charge in [0.25, 0.3) is 0 Å². The van der Waals surface area contributed by atoms with Crippen molar-refractivity contribution < 1.29 is 14.4 Å². The molecule has 0 unspecified atom stereocenters. The monoisotopic (exact) mass is 312 g/mol. The maximum atomic E-state index is 11.7. The molecule has 0 spiro atoms. The summed E-state index contributed by atoms with van der Waals surface area (Å²) < 4.78 is 0. The van der Waals surface area contributed by atoms with E-state index in [0.29, 0.717) is 38.8 Å². The van der Waals surface area contributed by atoms with Crippen molar-refractivity contribution in [2.24, 2.45) is 10.8 Å². The SMILES string of the molecule is CC(C)(C)C(=O)NCCCC(=O)CCCNC(=O)C(C)(C)C. The molecule has 0 heterocycles. The molecule has 0 fully saturated rings. The average Bonchev–Trinajstić information content (AvgIpc) is 2.36. The zero-order chi connectivity index (χ0) is 17.4. The molecule has 5 heteroatoms. The molecule has 0 radical (unpaired) electrons. The average molecular weight is 312 g/mol. The fourth-order valence-corrected chi connectivity index (χ4v) is 1.63. The van der Waals surface area contributed by atoms with Gasteiger partial charge in [0, 0.05) is 36.8 Å². The first-order valence-electron chi connectivity index (χ1n) is 8.03. The molecule has 0 saturated heterocycles. The molecule has 0 bridgehead atoms. The minimum atomic E-state index is -0.394. The highest BCUT2D eigenvalue weighted by atomic mass is 16.2. The van der Waals surface area contributed by atoms with Gasteiger partial charge >= 0.3 is 0 Å². The van der Waals surface area contributed by atoms with Gasteiger partial charge in [0.15, 0.2) is 0 Å². The van der Waals surface area contributed by atoms with E-state index in [-0.39, 0.29) is 17.6 Å². The van der Waals surface area contributed by atoms with Crippen LogP contribution in [0.15, 0.2) is 0 Å². The highest BCUT2D eigenvalue weighted by molar-refractivity contribution is 5.82. The van der Waals surface area contributed by atoms with Gasteiger partial charge in [0.05, 0.1) is 0 Å². The van der Waals surface area contributed by atoms with Crippen LogP contribution < -0.4 is 10.6 Å². The Morgan fingerprint density at radius 3 is 1.27 bits per heavy atom. The van der Waals surface area contributed by atoms with Crippen LogP contribution in [-0.2, 0) is 14.4 Å². The van der Waals surface area contributed by atoms with Gasteiger partial charge in [0.1, 0.15) is 5.78 Å². The summed E-state index contributed by atoms with van der Waals surface area (Å²) in [5.41, 5.74) is -0.787. The molecule has 0 rings (SSSR count). The Morgan fingerprint density at radius 2 is 1.00 bits per heavy atom. The molecule has 128 valence electrons. The maximum absolute atomic E-state index is 11.7. The Bertz CT molecular complexity index is 354. The summed E-state index contributed by atoms with van der Waals surface area (Å²) in [5, 5.41) is 5.66. The van der Waals surface area contributed by atoms with E-state index < -0.39 is 10.8 Å². The Balaban J connectivity index is 3.68. The Hall–Kier alpha value is -1.39. The van der Waals surface area contributed by atoms with E-state index in [1.807, 2.05) is 41.5 Å². The summed E-state index contributed by atoms with van der Waals surface area (Å²) >= 11 is 0. The first-order valence-corrected chi connectivity index (χ1v) is 8.03. The number of Topliss-reactive ketones (excluding diaryl/α,β-unsaturated/α-hetero) is 1. The summed E-state index contributed by atoms with van der Waals surface area (Å²) in [7, 11) is 0. The van der Waals surface area contributed by atoms with Crippen LogP contribution in [0, 0.1) is 10.8 Å². The van der Waals surface area contributed by atoms with E-state index in [1.54, 1.807) is 0 Å². The third kappa shape index (κ3) is 9.53. The number of hydrogen-bond acceptors (Lipinski definition) is 3. The van der Waals surface area contributed by atoms with Crippen LogP contribution in [0.25, 0.3) is 0 Å². The minimum absolute atomic E-state index is 0.00448. The summed E-state index contributed by atoms with van der Waals surface area (Å²) in [5.74, 6) is 0.185. The van der Waals surface area contributed by atoms with E-state index in [1.165, 1.54) is 0 Å². The molecule has 0 atom stereocenters. The summed E-state index contributed by atoms with van der Waals surface area (Å²) in [6.07, 6.45) is 2.26. The van der Waals surface area contributed by atoms with Crippen LogP contribution in [-0.4, -0.2) is 30.7 Å². The largest absolute Gasteiger partial charge is 0.356 e. The minimum Gasteiger partial charge on any atom is -0.356 e. The molecule has 5 nitrogen and oxygen atoms in total. The van der Waals surface area contributed by atoms with Crippen molar-refractivity contribution in [1.82, 2.24) is 10.6 Å². The summed E-state index contributed by atoms with van der Waals surface area (Å²) in [6.45, 7) is 12.2. The van der Waals surface area contributed by atoms with E-state index in [9.17, 15) is 14.4 Å². The van der Waals surface area contributed by atoms with Crippen molar-refractivity contribution >= 4 is 17.6 Å². The van der Waals surface area contributed by atoms with Gasteiger partial charge in [-0.15, -0.1) is 0 Å². The smallest absolute Gasteiger partial charge is 0.225 e. The van der Waals surface area contributed by atoms with Crippen LogP contribution >= 0.6 is 0 Å². The van der Waals surface area contributed by atoms with E-state index in [4.69, 9.17) is 0 Å². The number of carbonyl (C=O) groups excluding carboxylic acids is 3. The lowest BCUT2D eigenvalue weighted by atomic mass is 9.95. The van der Waals surface area contributed by atoms with Gasteiger partial charge in [-0.05, 0) is 12.8 Å². The molecule has 0 aromatic carbocycles. The Morgan fingerprint density at radius 1 is 0.682 bits per heavy atom. The molecule has 0 aliphatic heterocycles. The predicted octanol–water partition coefficient (Wildman–Crippen LogP) is 2.44. The number of amides is 2. The number of ketones is 1. The van der Waals surface area contributed by atoms with E-state index >= 15 is 0 Å². The fraction of sp³-hybridized carbons (Fsp3) is 0.824. The van der Waals surface area contributed by atoms with Crippen LogP contribution in [0.3, 0.4) is 0 Å². The van der Waals surface area contributed by atoms with Gasteiger partial charge < -0.3 is 10.6 Å². The maximum Gasteiger partial charge on any atom is 0.225 e. The summed E-state index contributed by atoms with van der Waals surface area (Å²) in [4.78, 5) is 35.0. The number of hydrogen-bond donors (Lipinski definition) is 2. The molecule has 22 heavy (non-hydrogen) atoms. The second kappa shape index (κ2) is 8.91. The molecular formula is C17H32N2O3. The zero-order valence-corrected chi connectivity index (χ0v) is 15.0. The quantitative estimate of drug-likeness (QED) is 0.676. The highest BCUT2D eigenvalue weighted by Gasteiger charge is 2.21. The normalized spacial score (nSPS) is 11.9. The van der Waals surface area contributed by atoms with Crippen molar-refractivity contribution in [3.8, 4) is 0 Å². The third-order valence-electron chi connectivity index (χ3n) is 3.20. The lowest BCUT2D eigenvalue weighted by Crippen LogP contribution is -2.35. The first-order chi connectivity index (χ1) is 9.94. The highest BCUT2D eigenvalue weighted by Crippen LogP contribution is 2.13. The molecule has 0 aliphatic rings. The Labute approximate surface area is 134 Å². The van der Waals surface area contributed by atoms with Crippen LogP contribution in [0.5, 0.6) is 0 Å². The standard InChI is InChI=1S/C17H32N2O3/c1-16(2,3)14(21)18-11-7-9-13(20)10-8-12-19-15(22)17(4,5)6/h7-12H2,1-6H3,(H,18,21)(H,19,22). The molecule has 0 aliphatic carbocycles. The van der Waals surface area contributed by atoms with Crippen LogP contribution in [0.2, 0.25) is 0 Å². The van der Waals surface area contributed by atoms with Crippen LogP contribution in [0.1, 0.15) is 67.2 Å². The van der Waals surface area contributed by atoms with E-state index in [2.05, 4.69) is 10.6 Å². The third-order valence-corrected chi connectivity index (χ3v) is 3.20. The fourth-order valence-electron chi connectivity index (χ4n) is 1.63. The number of carbonyl (C=O) groups is 3. The van der Waals surface area contributed by atoms with Crippen molar-refractivity contribution in [2.75, 3.05) is 13.1 Å². The van der Waals surface area contributed by atoms with Gasteiger partial charge in [-0.2, -0.15) is 0 Å². The molecule has 0 aromatic heterocycles. The predicted molar refractivity (Wildman–Crippen MR) is 88.4 cm³/mol. The first kappa shape index (κ1) is 20.6. The van der Waals surface area contributed by atoms with Gasteiger partial charge in [0.2, 0.25) is 11.8 Å². The van der Waals surface area contributed by atoms with E-state index in [0.717, 1.165) is 0 Å². The molecule has 0 aromatic rings. The second-order valence-electron chi connectivity index (χ2n) is 7.76. The van der Waals surface area contributed by atoms with Gasteiger partial charge in [-0.25, -0.2) is 0 Å².